The third-order valence-electron chi connectivity index (χ3n) is 2.71. The first-order chi connectivity index (χ1) is 9.71. The van der Waals surface area contributed by atoms with Crippen molar-refractivity contribution in [1.82, 2.24) is 9.97 Å². The summed E-state index contributed by atoms with van der Waals surface area (Å²) in [5.41, 5.74) is 6.70. The van der Waals surface area contributed by atoms with Crippen LogP contribution >= 0.6 is 0 Å². The molecule has 0 aliphatic carbocycles. The number of nitrogens with two attached hydrogens (primary N) is 1. The Kier molecular flexibility index (Phi) is 4.76. The van der Waals surface area contributed by atoms with Crippen LogP contribution in [-0.4, -0.2) is 16.6 Å². The lowest BCUT2D eigenvalue weighted by Crippen LogP contribution is -2.02. The second-order valence-corrected chi connectivity index (χ2v) is 4.45. The fourth-order valence-electron chi connectivity index (χ4n) is 1.74. The van der Waals surface area contributed by atoms with Crippen LogP contribution in [0.1, 0.15) is 26.1 Å². The summed E-state index contributed by atoms with van der Waals surface area (Å²) in [6.45, 7) is 4.81. The lowest BCUT2D eigenvalue weighted by molar-refractivity contribution is 0.317. The number of ether oxygens (including phenoxy) is 1. The summed E-state index contributed by atoms with van der Waals surface area (Å²) in [5.74, 6) is 2.78. The number of rotatable bonds is 6. The Bertz CT molecular complexity index is 554. The van der Waals surface area contributed by atoms with Crippen LogP contribution in [0.5, 0.6) is 5.75 Å². The van der Waals surface area contributed by atoms with Gasteiger partial charge in [0.2, 0.25) is 0 Å². The summed E-state index contributed by atoms with van der Waals surface area (Å²) in [7, 11) is 0. The molecule has 0 unspecified atom stereocenters. The molecule has 5 nitrogen and oxygen atoms in total. The molecule has 0 aliphatic heterocycles. The van der Waals surface area contributed by atoms with Crippen LogP contribution in [0.25, 0.3) is 0 Å². The van der Waals surface area contributed by atoms with Crippen molar-refractivity contribution in [2.45, 2.75) is 26.7 Å². The molecule has 0 radical (unpaired) electrons. The van der Waals surface area contributed by atoms with Gasteiger partial charge in [-0.05, 0) is 30.7 Å². The molecule has 0 fully saturated rings. The Morgan fingerprint density at radius 1 is 1.15 bits per heavy atom. The number of anilines is 3. The zero-order chi connectivity index (χ0) is 14.4. The van der Waals surface area contributed by atoms with Gasteiger partial charge in [-0.1, -0.05) is 13.8 Å². The predicted octanol–water partition coefficient (Wildman–Crippen LogP) is 3.15. The average Bonchev–Trinajstić information content (AvgIpc) is 2.46. The number of hydrogen-bond acceptors (Lipinski definition) is 5. The Hall–Kier alpha value is -2.30. The Morgan fingerprint density at radius 3 is 2.55 bits per heavy atom. The summed E-state index contributed by atoms with van der Waals surface area (Å²) < 4.78 is 5.54. The maximum atomic E-state index is 5.76. The second-order valence-electron chi connectivity index (χ2n) is 4.45. The molecule has 0 atom stereocenters. The van der Waals surface area contributed by atoms with Crippen molar-refractivity contribution < 1.29 is 4.74 Å². The van der Waals surface area contributed by atoms with Crippen molar-refractivity contribution in [1.29, 1.82) is 0 Å². The molecule has 3 N–H and O–H groups in total. The van der Waals surface area contributed by atoms with E-state index in [-0.39, 0.29) is 0 Å². The van der Waals surface area contributed by atoms with Crippen LogP contribution < -0.4 is 15.8 Å². The number of benzene rings is 1. The van der Waals surface area contributed by atoms with E-state index in [1.54, 1.807) is 6.07 Å². The van der Waals surface area contributed by atoms with E-state index < -0.39 is 0 Å². The summed E-state index contributed by atoms with van der Waals surface area (Å²) in [6, 6.07) is 9.50. The summed E-state index contributed by atoms with van der Waals surface area (Å²) in [4.78, 5) is 8.53. The number of nitrogens with one attached hydrogen (secondary N) is 1. The monoisotopic (exact) mass is 272 g/mol. The normalized spacial score (nSPS) is 10.3. The van der Waals surface area contributed by atoms with E-state index in [1.807, 2.05) is 31.2 Å². The van der Waals surface area contributed by atoms with Crippen LogP contribution in [0.2, 0.25) is 0 Å². The molecule has 0 bridgehead atoms. The largest absolute Gasteiger partial charge is 0.494 e. The molecule has 1 aromatic heterocycles. The van der Waals surface area contributed by atoms with Gasteiger partial charge in [0.25, 0.3) is 0 Å². The van der Waals surface area contributed by atoms with E-state index in [0.717, 1.165) is 36.7 Å². The van der Waals surface area contributed by atoms with Crippen molar-refractivity contribution in [3.63, 3.8) is 0 Å². The quantitative estimate of drug-likeness (QED) is 0.845. The Morgan fingerprint density at radius 2 is 1.90 bits per heavy atom. The third kappa shape index (κ3) is 3.85. The zero-order valence-corrected chi connectivity index (χ0v) is 11.9. The van der Waals surface area contributed by atoms with Crippen LogP contribution in [0.3, 0.4) is 0 Å². The number of aromatic nitrogens is 2. The van der Waals surface area contributed by atoms with E-state index in [4.69, 9.17) is 10.5 Å². The van der Waals surface area contributed by atoms with Crippen molar-refractivity contribution in [2.75, 3.05) is 17.7 Å². The maximum Gasteiger partial charge on any atom is 0.136 e. The zero-order valence-electron chi connectivity index (χ0n) is 11.9. The minimum atomic E-state index is 0.474. The number of aryl methyl sites for hydroxylation is 1. The Labute approximate surface area is 119 Å². The Balaban J connectivity index is 2.07. The number of nitrogen functional groups attached to an aromatic ring is 1. The van der Waals surface area contributed by atoms with Gasteiger partial charge in [0, 0.05) is 18.2 Å². The SMILES string of the molecule is CCCOc1ccc(Nc2cc(N)nc(CC)n2)cc1. The molecular weight excluding hydrogens is 252 g/mol. The predicted molar refractivity (Wildman–Crippen MR) is 81.3 cm³/mol. The van der Waals surface area contributed by atoms with Gasteiger partial charge in [-0.3, -0.25) is 0 Å². The van der Waals surface area contributed by atoms with Crippen molar-refractivity contribution in [3.8, 4) is 5.75 Å². The highest BCUT2D eigenvalue weighted by molar-refractivity contribution is 5.59. The molecule has 2 aromatic rings. The average molecular weight is 272 g/mol. The van der Waals surface area contributed by atoms with Crippen molar-refractivity contribution >= 4 is 17.3 Å². The van der Waals surface area contributed by atoms with Crippen molar-refractivity contribution in [3.05, 3.63) is 36.2 Å². The van der Waals surface area contributed by atoms with Crippen molar-refractivity contribution in [2.24, 2.45) is 0 Å². The van der Waals surface area contributed by atoms with Crippen LogP contribution in [-0.2, 0) is 6.42 Å². The molecule has 5 heteroatoms. The summed E-state index contributed by atoms with van der Waals surface area (Å²) in [5, 5.41) is 3.22. The van der Waals surface area contributed by atoms with Gasteiger partial charge >= 0.3 is 0 Å². The maximum absolute atomic E-state index is 5.76. The molecule has 0 amide bonds. The first-order valence-electron chi connectivity index (χ1n) is 6.84. The molecule has 20 heavy (non-hydrogen) atoms. The van der Waals surface area contributed by atoms with Gasteiger partial charge < -0.3 is 15.8 Å². The fraction of sp³-hybridized carbons (Fsp3) is 0.333. The molecule has 0 saturated carbocycles. The highest BCUT2D eigenvalue weighted by Gasteiger charge is 2.02. The van der Waals surface area contributed by atoms with E-state index in [2.05, 4.69) is 22.2 Å². The fourth-order valence-corrected chi connectivity index (χ4v) is 1.74. The molecule has 106 valence electrons. The highest BCUT2D eigenvalue weighted by Crippen LogP contribution is 2.20. The molecule has 1 heterocycles. The smallest absolute Gasteiger partial charge is 0.136 e. The van der Waals surface area contributed by atoms with Crippen LogP contribution in [0.15, 0.2) is 30.3 Å². The van der Waals surface area contributed by atoms with Crippen LogP contribution in [0, 0.1) is 0 Å². The minimum Gasteiger partial charge on any atom is -0.494 e. The molecule has 2 rings (SSSR count). The molecule has 0 saturated heterocycles. The lowest BCUT2D eigenvalue weighted by Gasteiger charge is -2.09. The van der Waals surface area contributed by atoms with Crippen LogP contribution in [0.4, 0.5) is 17.3 Å². The first-order valence-corrected chi connectivity index (χ1v) is 6.84. The molecule has 1 aromatic carbocycles. The van der Waals surface area contributed by atoms with E-state index in [1.165, 1.54) is 0 Å². The topological polar surface area (TPSA) is 73.1 Å². The molecular formula is C15H20N4O. The van der Waals surface area contributed by atoms with Gasteiger partial charge in [0.05, 0.1) is 6.61 Å². The number of nitrogens with zero attached hydrogens (tertiary/aromatic N) is 2. The summed E-state index contributed by atoms with van der Waals surface area (Å²) in [6.07, 6.45) is 1.75. The van der Waals surface area contributed by atoms with Gasteiger partial charge in [-0.15, -0.1) is 0 Å². The third-order valence-corrected chi connectivity index (χ3v) is 2.71. The van der Waals surface area contributed by atoms with Gasteiger partial charge in [0.15, 0.2) is 0 Å². The summed E-state index contributed by atoms with van der Waals surface area (Å²) >= 11 is 0. The van der Waals surface area contributed by atoms with E-state index >= 15 is 0 Å². The molecule has 0 spiro atoms. The second kappa shape index (κ2) is 6.75. The lowest BCUT2D eigenvalue weighted by atomic mass is 10.3. The minimum absolute atomic E-state index is 0.474. The van der Waals surface area contributed by atoms with E-state index in [0.29, 0.717) is 11.6 Å². The number of hydrogen-bond donors (Lipinski definition) is 2. The highest BCUT2D eigenvalue weighted by atomic mass is 16.5. The standard InChI is InChI=1S/C15H20N4O/c1-3-9-20-12-7-5-11(6-8-12)17-15-10-13(16)18-14(4-2)19-15/h5-8,10H,3-4,9H2,1-2H3,(H3,16,17,18,19). The first kappa shape index (κ1) is 14.1. The van der Waals surface area contributed by atoms with Gasteiger partial charge in [0.1, 0.15) is 23.2 Å². The van der Waals surface area contributed by atoms with Gasteiger partial charge in [-0.25, -0.2) is 9.97 Å². The van der Waals surface area contributed by atoms with Gasteiger partial charge in [-0.2, -0.15) is 0 Å². The van der Waals surface area contributed by atoms with E-state index in [9.17, 15) is 0 Å². The molecule has 0 aliphatic rings.